The van der Waals surface area contributed by atoms with Gasteiger partial charge in [0.25, 0.3) is 5.56 Å². The van der Waals surface area contributed by atoms with Gasteiger partial charge in [0.1, 0.15) is 11.3 Å². The molecule has 1 aliphatic rings. The minimum atomic E-state index is -1.52. The Kier molecular flexibility index (Phi) is 5.64. The molecule has 0 N–H and O–H groups in total. The van der Waals surface area contributed by atoms with Crippen LogP contribution < -0.4 is 10.5 Å². The Balaban J connectivity index is 2.30. The van der Waals surface area contributed by atoms with Gasteiger partial charge < -0.3 is 14.5 Å². The smallest absolute Gasteiger partial charge is 0.343 e. The fourth-order valence-electron chi connectivity index (χ4n) is 3.43. The number of hydrogen-bond donors (Lipinski definition) is 0. The maximum atomic E-state index is 15.4. The Labute approximate surface area is 160 Å². The Morgan fingerprint density at radius 3 is 2.32 bits per heavy atom. The van der Waals surface area contributed by atoms with Crippen LogP contribution in [0, 0.1) is 17.6 Å². The van der Waals surface area contributed by atoms with E-state index >= 15 is 4.39 Å². The zero-order valence-corrected chi connectivity index (χ0v) is 16.0. The summed E-state index contributed by atoms with van der Waals surface area (Å²) in [6.07, 6.45) is 0.209. The SMILES string of the molecule is CCOC(=O)c1cc(CC)c2c(F)c(N3CCN(C)CC3)c(F)c(F)n2c1=O. The minimum absolute atomic E-state index is 0.00990. The summed E-state index contributed by atoms with van der Waals surface area (Å²) in [7, 11) is 1.89. The summed E-state index contributed by atoms with van der Waals surface area (Å²) in [5.74, 6) is -4.93. The molecule has 0 radical (unpaired) electrons. The summed E-state index contributed by atoms with van der Waals surface area (Å²) < 4.78 is 50.2. The third-order valence-electron chi connectivity index (χ3n) is 4.98. The third kappa shape index (κ3) is 3.23. The lowest BCUT2D eigenvalue weighted by molar-refractivity contribution is 0.0524. The molecule has 2 aromatic heterocycles. The molecule has 0 amide bonds. The molecule has 0 aliphatic carbocycles. The second-order valence-corrected chi connectivity index (χ2v) is 6.70. The minimum Gasteiger partial charge on any atom is -0.462 e. The maximum Gasteiger partial charge on any atom is 0.343 e. The van der Waals surface area contributed by atoms with E-state index < -0.39 is 40.4 Å². The Morgan fingerprint density at radius 2 is 1.75 bits per heavy atom. The predicted octanol–water partition coefficient (Wildman–Crippen LogP) is 2.21. The molecular weight excluding hydrogens is 375 g/mol. The van der Waals surface area contributed by atoms with Crippen LogP contribution in [0.4, 0.5) is 18.9 Å². The molecule has 1 saturated heterocycles. The van der Waals surface area contributed by atoms with Crippen molar-refractivity contribution in [3.8, 4) is 0 Å². The second kappa shape index (κ2) is 7.83. The first kappa shape index (κ1) is 20.2. The molecule has 6 nitrogen and oxygen atoms in total. The Bertz CT molecular complexity index is 982. The molecule has 0 atom stereocenters. The summed E-state index contributed by atoms with van der Waals surface area (Å²) in [6, 6.07) is 1.20. The molecule has 1 fully saturated rings. The molecule has 0 saturated carbocycles. The largest absolute Gasteiger partial charge is 0.462 e. The van der Waals surface area contributed by atoms with Gasteiger partial charge in [0.2, 0.25) is 11.8 Å². The number of anilines is 1. The molecule has 0 spiro atoms. The van der Waals surface area contributed by atoms with Crippen LogP contribution in [-0.2, 0) is 11.2 Å². The molecule has 0 bridgehead atoms. The Hall–Kier alpha value is -2.55. The summed E-state index contributed by atoms with van der Waals surface area (Å²) in [5, 5.41) is 0. The first-order valence-corrected chi connectivity index (χ1v) is 9.17. The van der Waals surface area contributed by atoms with E-state index in [-0.39, 0.29) is 24.1 Å². The van der Waals surface area contributed by atoms with Crippen LogP contribution >= 0.6 is 0 Å². The van der Waals surface area contributed by atoms with Crippen molar-refractivity contribution in [1.82, 2.24) is 9.30 Å². The van der Waals surface area contributed by atoms with Crippen molar-refractivity contribution in [3.05, 3.63) is 45.1 Å². The molecule has 28 heavy (non-hydrogen) atoms. The fourth-order valence-corrected chi connectivity index (χ4v) is 3.43. The summed E-state index contributed by atoms with van der Waals surface area (Å²) in [5.41, 5.74) is -2.22. The van der Waals surface area contributed by atoms with Gasteiger partial charge >= 0.3 is 5.97 Å². The van der Waals surface area contributed by atoms with E-state index in [1.165, 1.54) is 11.0 Å². The van der Waals surface area contributed by atoms with Crippen molar-refractivity contribution in [2.75, 3.05) is 44.7 Å². The number of fused-ring (bicyclic) bond motifs is 1. The standard InChI is InChI=1S/C19H22F3N3O3/c1-4-11-10-12(19(27)28-5-2)18(26)25-15(11)13(20)16(14(21)17(25)22)24-8-6-23(3)7-9-24/h10H,4-9H2,1-3H3. The van der Waals surface area contributed by atoms with Crippen LogP contribution in [0.3, 0.4) is 0 Å². The topological polar surface area (TPSA) is 54.3 Å². The normalized spacial score (nSPS) is 15.3. The van der Waals surface area contributed by atoms with E-state index in [0.29, 0.717) is 30.6 Å². The summed E-state index contributed by atoms with van der Waals surface area (Å²) in [4.78, 5) is 28.1. The highest BCUT2D eigenvalue weighted by molar-refractivity contribution is 5.90. The molecule has 9 heteroatoms. The van der Waals surface area contributed by atoms with Gasteiger partial charge in [-0.25, -0.2) is 13.6 Å². The quantitative estimate of drug-likeness (QED) is 0.585. The van der Waals surface area contributed by atoms with Gasteiger partial charge in [-0.05, 0) is 32.0 Å². The average Bonchev–Trinajstić information content (AvgIpc) is 2.67. The van der Waals surface area contributed by atoms with E-state index in [4.69, 9.17) is 4.74 Å². The number of carbonyl (C=O) groups is 1. The summed E-state index contributed by atoms with van der Waals surface area (Å²) >= 11 is 0. The van der Waals surface area contributed by atoms with Crippen LogP contribution in [0.25, 0.3) is 5.52 Å². The van der Waals surface area contributed by atoms with Gasteiger partial charge in [0.15, 0.2) is 5.82 Å². The number of carbonyl (C=O) groups excluding carboxylic acids is 1. The zero-order valence-electron chi connectivity index (χ0n) is 16.0. The number of aryl methyl sites for hydroxylation is 1. The van der Waals surface area contributed by atoms with Gasteiger partial charge in [-0.15, -0.1) is 0 Å². The lowest BCUT2D eigenvalue weighted by Gasteiger charge is -2.34. The van der Waals surface area contributed by atoms with Crippen molar-refractivity contribution in [2.24, 2.45) is 0 Å². The van der Waals surface area contributed by atoms with Crippen LogP contribution in [0.1, 0.15) is 29.8 Å². The number of ether oxygens (including phenoxy) is 1. The maximum absolute atomic E-state index is 15.4. The van der Waals surface area contributed by atoms with Gasteiger partial charge in [0.05, 0.1) is 12.1 Å². The third-order valence-corrected chi connectivity index (χ3v) is 4.98. The lowest BCUT2D eigenvalue weighted by atomic mass is 10.1. The van der Waals surface area contributed by atoms with E-state index in [2.05, 4.69) is 0 Å². The number of piperazine rings is 1. The average molecular weight is 397 g/mol. The van der Waals surface area contributed by atoms with Gasteiger partial charge in [-0.3, -0.25) is 4.79 Å². The molecule has 0 unspecified atom stereocenters. The number of aromatic nitrogens is 1. The van der Waals surface area contributed by atoms with Crippen LogP contribution in [-0.4, -0.2) is 55.1 Å². The van der Waals surface area contributed by atoms with Gasteiger partial charge in [0, 0.05) is 26.2 Å². The number of pyridine rings is 2. The highest BCUT2D eigenvalue weighted by Gasteiger charge is 2.30. The highest BCUT2D eigenvalue weighted by atomic mass is 19.2. The van der Waals surface area contributed by atoms with Crippen molar-refractivity contribution >= 4 is 17.2 Å². The number of nitrogens with zero attached hydrogens (tertiary/aromatic N) is 3. The zero-order chi connectivity index (χ0) is 20.6. The van der Waals surface area contributed by atoms with Crippen molar-refractivity contribution in [2.45, 2.75) is 20.3 Å². The van der Waals surface area contributed by atoms with E-state index in [1.54, 1.807) is 13.8 Å². The van der Waals surface area contributed by atoms with Crippen molar-refractivity contribution in [1.29, 1.82) is 0 Å². The molecule has 152 valence electrons. The van der Waals surface area contributed by atoms with E-state index in [0.717, 1.165) is 0 Å². The van der Waals surface area contributed by atoms with Crippen LogP contribution in [0.5, 0.6) is 0 Å². The monoisotopic (exact) mass is 397 g/mol. The number of likely N-dealkylation sites (N-methyl/N-ethyl adjacent to an activating group) is 1. The molecule has 2 aromatic rings. The first-order chi connectivity index (χ1) is 13.3. The Morgan fingerprint density at radius 1 is 1.11 bits per heavy atom. The number of hydrogen-bond acceptors (Lipinski definition) is 5. The number of esters is 1. The molecule has 0 aromatic carbocycles. The van der Waals surface area contributed by atoms with Crippen molar-refractivity contribution < 1.29 is 22.7 Å². The second-order valence-electron chi connectivity index (χ2n) is 6.70. The van der Waals surface area contributed by atoms with Gasteiger partial charge in [-0.1, -0.05) is 6.92 Å². The molecule has 3 rings (SSSR count). The predicted molar refractivity (Wildman–Crippen MR) is 98.6 cm³/mol. The van der Waals surface area contributed by atoms with E-state index in [1.807, 2.05) is 11.9 Å². The summed E-state index contributed by atoms with van der Waals surface area (Å²) in [6.45, 7) is 5.03. The number of halogens is 3. The highest BCUT2D eigenvalue weighted by Crippen LogP contribution is 2.31. The fraction of sp³-hybridized carbons (Fsp3) is 0.474. The number of rotatable bonds is 4. The van der Waals surface area contributed by atoms with Crippen molar-refractivity contribution in [3.63, 3.8) is 0 Å². The van der Waals surface area contributed by atoms with Crippen LogP contribution in [0.2, 0.25) is 0 Å². The van der Waals surface area contributed by atoms with Gasteiger partial charge in [-0.2, -0.15) is 8.78 Å². The van der Waals surface area contributed by atoms with Crippen LogP contribution in [0.15, 0.2) is 10.9 Å². The molecule has 1 aliphatic heterocycles. The molecule has 3 heterocycles. The first-order valence-electron chi connectivity index (χ1n) is 9.17. The molecular formula is C19H22F3N3O3. The lowest BCUT2D eigenvalue weighted by Crippen LogP contribution is -2.45. The van der Waals surface area contributed by atoms with E-state index in [9.17, 15) is 18.4 Å².